The Kier molecular flexibility index (Phi) is 3.67. The largest absolute Gasteiger partial charge is 0.497 e. The van der Waals surface area contributed by atoms with E-state index >= 15 is 0 Å². The van der Waals surface area contributed by atoms with Crippen LogP contribution in [-0.2, 0) is 6.54 Å². The van der Waals surface area contributed by atoms with Crippen LogP contribution < -0.4 is 15.8 Å². The highest BCUT2D eigenvalue weighted by atomic mass is 19.1. The van der Waals surface area contributed by atoms with Gasteiger partial charge in [0, 0.05) is 12.2 Å². The molecule has 0 heterocycles. The number of ether oxygens (including phenoxy) is 1. The molecule has 0 unspecified atom stereocenters. The first-order chi connectivity index (χ1) is 8.69. The average Bonchev–Trinajstić information content (AvgIpc) is 2.41. The Morgan fingerprint density at radius 3 is 2.50 bits per heavy atom. The van der Waals surface area contributed by atoms with Gasteiger partial charge >= 0.3 is 0 Å². The van der Waals surface area contributed by atoms with Gasteiger partial charge in [-0.3, -0.25) is 0 Å². The third-order valence-electron chi connectivity index (χ3n) is 2.66. The molecule has 0 aliphatic carbocycles. The average molecular weight is 246 g/mol. The highest BCUT2D eigenvalue weighted by Crippen LogP contribution is 2.17. The fraction of sp³-hybridized carbons (Fsp3) is 0.143. The maximum absolute atomic E-state index is 13.2. The minimum Gasteiger partial charge on any atom is -0.497 e. The molecular weight excluding hydrogens is 231 g/mol. The molecule has 0 radical (unpaired) electrons. The lowest BCUT2D eigenvalue weighted by Gasteiger charge is -2.08. The number of rotatable bonds is 4. The molecule has 0 bridgehead atoms. The second-order valence-corrected chi connectivity index (χ2v) is 3.94. The summed E-state index contributed by atoms with van der Waals surface area (Å²) in [5.74, 6) is 0.409. The maximum Gasteiger partial charge on any atom is 0.148 e. The smallest absolute Gasteiger partial charge is 0.148 e. The van der Waals surface area contributed by atoms with Crippen molar-refractivity contribution in [1.29, 1.82) is 0 Å². The Balaban J connectivity index is 1.99. The van der Waals surface area contributed by atoms with Crippen molar-refractivity contribution in [2.45, 2.75) is 6.54 Å². The minimum absolute atomic E-state index is 0.157. The Hall–Kier alpha value is -2.23. The van der Waals surface area contributed by atoms with Crippen molar-refractivity contribution in [2.24, 2.45) is 0 Å². The van der Waals surface area contributed by atoms with E-state index in [2.05, 4.69) is 5.32 Å². The summed E-state index contributed by atoms with van der Waals surface area (Å²) < 4.78 is 18.3. The summed E-state index contributed by atoms with van der Waals surface area (Å²) in [6, 6.07) is 12.4. The number of nitrogens with two attached hydrogens (primary N) is 1. The van der Waals surface area contributed by atoms with Gasteiger partial charge < -0.3 is 15.8 Å². The molecule has 0 fully saturated rings. The van der Waals surface area contributed by atoms with Crippen molar-refractivity contribution in [1.82, 2.24) is 0 Å². The molecule has 2 rings (SSSR count). The van der Waals surface area contributed by atoms with E-state index in [0.29, 0.717) is 12.2 Å². The molecular formula is C14H15FN2O. The van der Waals surface area contributed by atoms with Crippen molar-refractivity contribution in [3.63, 3.8) is 0 Å². The van der Waals surface area contributed by atoms with Gasteiger partial charge in [0.05, 0.1) is 12.8 Å². The number of nitrogen functional groups attached to an aromatic ring is 1. The lowest BCUT2D eigenvalue weighted by atomic mass is 10.2. The SMILES string of the molecule is COc1ccc(CNc2ccc(N)c(F)c2)cc1. The first kappa shape index (κ1) is 12.2. The predicted octanol–water partition coefficient (Wildman–Crippen LogP) is 3.03. The summed E-state index contributed by atoms with van der Waals surface area (Å²) in [5.41, 5.74) is 7.37. The molecule has 0 amide bonds. The first-order valence-electron chi connectivity index (χ1n) is 5.61. The summed E-state index contributed by atoms with van der Waals surface area (Å²) in [6.07, 6.45) is 0. The molecule has 18 heavy (non-hydrogen) atoms. The molecule has 0 aromatic heterocycles. The summed E-state index contributed by atoms with van der Waals surface area (Å²) >= 11 is 0. The number of hydrogen-bond acceptors (Lipinski definition) is 3. The Labute approximate surface area is 105 Å². The van der Waals surface area contributed by atoms with Gasteiger partial charge in [-0.05, 0) is 35.9 Å². The summed E-state index contributed by atoms with van der Waals surface area (Å²) in [5, 5.41) is 3.13. The van der Waals surface area contributed by atoms with Gasteiger partial charge in [-0.2, -0.15) is 0 Å². The molecule has 94 valence electrons. The number of nitrogens with one attached hydrogen (secondary N) is 1. The second kappa shape index (κ2) is 5.40. The van der Waals surface area contributed by atoms with Crippen molar-refractivity contribution >= 4 is 11.4 Å². The standard InChI is InChI=1S/C14H15FN2O/c1-18-12-5-2-10(3-6-12)9-17-11-4-7-14(16)13(15)8-11/h2-8,17H,9,16H2,1H3. The normalized spacial score (nSPS) is 10.1. The number of halogens is 1. The molecule has 0 aliphatic heterocycles. The monoisotopic (exact) mass is 246 g/mol. The highest BCUT2D eigenvalue weighted by Gasteiger charge is 2.00. The van der Waals surface area contributed by atoms with E-state index < -0.39 is 5.82 Å². The molecule has 2 aromatic carbocycles. The number of methoxy groups -OCH3 is 1. The lowest BCUT2D eigenvalue weighted by molar-refractivity contribution is 0.414. The van der Waals surface area contributed by atoms with E-state index in [9.17, 15) is 4.39 Å². The van der Waals surface area contributed by atoms with Crippen LogP contribution >= 0.6 is 0 Å². The Morgan fingerprint density at radius 2 is 1.89 bits per heavy atom. The van der Waals surface area contributed by atoms with E-state index in [0.717, 1.165) is 11.3 Å². The van der Waals surface area contributed by atoms with Crippen LogP contribution in [0.15, 0.2) is 42.5 Å². The Morgan fingerprint density at radius 1 is 1.17 bits per heavy atom. The molecule has 0 saturated heterocycles. The van der Waals surface area contributed by atoms with E-state index in [4.69, 9.17) is 10.5 Å². The predicted molar refractivity (Wildman–Crippen MR) is 71.1 cm³/mol. The van der Waals surface area contributed by atoms with Crippen LogP contribution in [0.4, 0.5) is 15.8 Å². The zero-order valence-electron chi connectivity index (χ0n) is 10.1. The topological polar surface area (TPSA) is 47.3 Å². The van der Waals surface area contributed by atoms with Crippen LogP contribution in [0.25, 0.3) is 0 Å². The fourth-order valence-electron chi connectivity index (χ4n) is 1.58. The van der Waals surface area contributed by atoms with Gasteiger partial charge in [-0.15, -0.1) is 0 Å². The molecule has 0 spiro atoms. The Bertz CT molecular complexity index is 526. The van der Waals surface area contributed by atoms with Crippen LogP contribution in [0.5, 0.6) is 5.75 Å². The first-order valence-corrected chi connectivity index (χ1v) is 5.61. The molecule has 2 aromatic rings. The number of hydrogen-bond donors (Lipinski definition) is 2. The van der Waals surface area contributed by atoms with Crippen LogP contribution in [0, 0.1) is 5.82 Å². The summed E-state index contributed by atoms with van der Waals surface area (Å²) in [6.45, 7) is 0.618. The van der Waals surface area contributed by atoms with Crippen molar-refractivity contribution < 1.29 is 9.13 Å². The number of benzene rings is 2. The van der Waals surface area contributed by atoms with Crippen LogP contribution in [0.1, 0.15) is 5.56 Å². The molecule has 3 nitrogen and oxygen atoms in total. The van der Waals surface area contributed by atoms with Crippen LogP contribution in [0.2, 0.25) is 0 Å². The molecule has 0 aliphatic rings. The maximum atomic E-state index is 13.2. The van der Waals surface area contributed by atoms with Crippen molar-refractivity contribution in [3.8, 4) is 5.75 Å². The van der Waals surface area contributed by atoms with Crippen molar-refractivity contribution in [3.05, 3.63) is 53.8 Å². The number of anilines is 2. The molecule has 0 saturated carbocycles. The van der Waals surface area contributed by atoms with Crippen molar-refractivity contribution in [2.75, 3.05) is 18.2 Å². The van der Waals surface area contributed by atoms with E-state index in [-0.39, 0.29) is 5.69 Å². The summed E-state index contributed by atoms with van der Waals surface area (Å²) in [7, 11) is 1.63. The molecule has 4 heteroatoms. The zero-order valence-corrected chi connectivity index (χ0v) is 10.1. The quantitative estimate of drug-likeness (QED) is 0.815. The van der Waals surface area contributed by atoms with E-state index in [1.807, 2.05) is 24.3 Å². The third kappa shape index (κ3) is 2.91. The second-order valence-electron chi connectivity index (χ2n) is 3.94. The minimum atomic E-state index is -0.408. The van der Waals surface area contributed by atoms with Crippen LogP contribution in [0.3, 0.4) is 0 Å². The highest BCUT2D eigenvalue weighted by molar-refractivity contribution is 5.52. The van der Waals surface area contributed by atoms with Gasteiger partial charge in [0.2, 0.25) is 0 Å². The van der Waals surface area contributed by atoms with Gasteiger partial charge in [0.25, 0.3) is 0 Å². The summed E-state index contributed by atoms with van der Waals surface area (Å²) in [4.78, 5) is 0. The van der Waals surface area contributed by atoms with Gasteiger partial charge in [0.1, 0.15) is 11.6 Å². The lowest BCUT2D eigenvalue weighted by Crippen LogP contribution is -2.00. The fourth-order valence-corrected chi connectivity index (χ4v) is 1.58. The van der Waals surface area contributed by atoms with Gasteiger partial charge in [-0.25, -0.2) is 4.39 Å². The van der Waals surface area contributed by atoms with Gasteiger partial charge in [0.15, 0.2) is 0 Å². The molecule has 3 N–H and O–H groups in total. The van der Waals surface area contributed by atoms with E-state index in [1.54, 1.807) is 19.2 Å². The molecule has 0 atom stereocenters. The van der Waals surface area contributed by atoms with E-state index in [1.165, 1.54) is 6.07 Å². The zero-order chi connectivity index (χ0) is 13.0. The van der Waals surface area contributed by atoms with Gasteiger partial charge in [-0.1, -0.05) is 12.1 Å². The van der Waals surface area contributed by atoms with Crippen LogP contribution in [-0.4, -0.2) is 7.11 Å². The third-order valence-corrected chi connectivity index (χ3v) is 2.66.